The van der Waals surface area contributed by atoms with Crippen molar-refractivity contribution in [1.29, 1.82) is 0 Å². The number of halogens is 1. The van der Waals surface area contributed by atoms with Gasteiger partial charge in [0.05, 0.1) is 6.04 Å². The van der Waals surface area contributed by atoms with Crippen LogP contribution in [0.15, 0.2) is 10.7 Å². The molecule has 1 aliphatic rings. The summed E-state index contributed by atoms with van der Waals surface area (Å²) < 4.78 is 2.78. The third kappa shape index (κ3) is 1.35. The molecule has 0 spiro atoms. The Balaban J connectivity index is 2.25. The minimum Gasteiger partial charge on any atom is -0.384 e. The van der Waals surface area contributed by atoms with E-state index in [9.17, 15) is 0 Å². The summed E-state index contributed by atoms with van der Waals surface area (Å²) >= 11 is 3.32. The maximum atomic E-state index is 5.79. The van der Waals surface area contributed by atoms with Crippen molar-refractivity contribution < 1.29 is 0 Å². The summed E-state index contributed by atoms with van der Waals surface area (Å²) in [6.45, 7) is 0. The monoisotopic (exact) mass is 229 g/mol. The molecule has 1 aliphatic carbocycles. The Kier molecular flexibility index (Phi) is 2.09. The van der Waals surface area contributed by atoms with Crippen molar-refractivity contribution in [3.8, 4) is 0 Å². The summed E-state index contributed by atoms with van der Waals surface area (Å²) in [6, 6.07) is 2.40. The number of hydrogen-bond donors (Lipinski definition) is 1. The SMILES string of the molecule is Nc1cc(Br)nn1C1CCCC1. The van der Waals surface area contributed by atoms with Crippen LogP contribution < -0.4 is 5.73 Å². The topological polar surface area (TPSA) is 43.8 Å². The van der Waals surface area contributed by atoms with Gasteiger partial charge in [-0.05, 0) is 28.8 Å². The Hall–Kier alpha value is -0.510. The normalized spacial score (nSPS) is 18.8. The zero-order valence-corrected chi connectivity index (χ0v) is 8.42. The van der Waals surface area contributed by atoms with Gasteiger partial charge in [-0.2, -0.15) is 5.10 Å². The lowest BCUT2D eigenvalue weighted by Crippen LogP contribution is -2.09. The highest BCUT2D eigenvalue weighted by Crippen LogP contribution is 2.31. The second-order valence-corrected chi connectivity index (χ2v) is 4.09. The van der Waals surface area contributed by atoms with Crippen LogP contribution in [-0.2, 0) is 0 Å². The molecule has 0 atom stereocenters. The molecule has 4 heteroatoms. The van der Waals surface area contributed by atoms with E-state index in [1.807, 2.05) is 10.7 Å². The number of aromatic nitrogens is 2. The lowest BCUT2D eigenvalue weighted by atomic mass is 10.2. The molecule has 0 unspecified atom stereocenters. The molecule has 0 amide bonds. The molecule has 3 nitrogen and oxygen atoms in total. The fourth-order valence-electron chi connectivity index (χ4n) is 1.82. The van der Waals surface area contributed by atoms with Crippen LogP contribution in [0.3, 0.4) is 0 Å². The van der Waals surface area contributed by atoms with Crippen LogP contribution in [0.5, 0.6) is 0 Å². The maximum Gasteiger partial charge on any atom is 0.130 e. The molecule has 1 aromatic rings. The molecule has 1 heterocycles. The first-order valence-corrected chi connectivity index (χ1v) is 5.07. The van der Waals surface area contributed by atoms with Crippen LogP contribution in [0.2, 0.25) is 0 Å². The summed E-state index contributed by atoms with van der Waals surface area (Å²) in [5.41, 5.74) is 5.79. The first kappa shape index (κ1) is 8.10. The Morgan fingerprint density at radius 1 is 1.50 bits per heavy atom. The van der Waals surface area contributed by atoms with Gasteiger partial charge in [0.2, 0.25) is 0 Å². The van der Waals surface area contributed by atoms with Crippen molar-refractivity contribution in [3.63, 3.8) is 0 Å². The van der Waals surface area contributed by atoms with E-state index in [1.54, 1.807) is 0 Å². The number of anilines is 1. The first-order chi connectivity index (χ1) is 5.77. The van der Waals surface area contributed by atoms with E-state index in [-0.39, 0.29) is 0 Å². The van der Waals surface area contributed by atoms with Gasteiger partial charge in [0.1, 0.15) is 10.4 Å². The zero-order valence-electron chi connectivity index (χ0n) is 6.83. The van der Waals surface area contributed by atoms with E-state index in [0.29, 0.717) is 6.04 Å². The fraction of sp³-hybridized carbons (Fsp3) is 0.625. The lowest BCUT2D eigenvalue weighted by Gasteiger charge is -2.10. The predicted molar refractivity (Wildman–Crippen MR) is 51.8 cm³/mol. The molecule has 66 valence electrons. The number of nitrogen functional groups attached to an aromatic ring is 1. The van der Waals surface area contributed by atoms with Gasteiger partial charge in [-0.15, -0.1) is 0 Å². The third-order valence-corrected chi connectivity index (χ3v) is 2.79. The van der Waals surface area contributed by atoms with E-state index in [4.69, 9.17) is 5.73 Å². The highest BCUT2D eigenvalue weighted by atomic mass is 79.9. The molecule has 0 aromatic carbocycles. The summed E-state index contributed by atoms with van der Waals surface area (Å²) in [7, 11) is 0. The van der Waals surface area contributed by atoms with E-state index in [2.05, 4.69) is 21.0 Å². The van der Waals surface area contributed by atoms with Gasteiger partial charge in [-0.25, -0.2) is 4.68 Å². The van der Waals surface area contributed by atoms with Crippen LogP contribution in [0.1, 0.15) is 31.7 Å². The average molecular weight is 230 g/mol. The molecule has 1 aromatic heterocycles. The van der Waals surface area contributed by atoms with Crippen molar-refractivity contribution in [2.24, 2.45) is 0 Å². The average Bonchev–Trinajstić information content (AvgIpc) is 2.58. The summed E-state index contributed by atoms with van der Waals surface area (Å²) in [5, 5.41) is 4.30. The van der Waals surface area contributed by atoms with E-state index >= 15 is 0 Å². The molecule has 0 bridgehead atoms. The van der Waals surface area contributed by atoms with Gasteiger partial charge < -0.3 is 5.73 Å². The molecule has 0 radical (unpaired) electrons. The molecule has 1 fully saturated rings. The van der Waals surface area contributed by atoms with E-state index < -0.39 is 0 Å². The molecule has 0 saturated heterocycles. The Labute approximate surface area is 80.1 Å². The van der Waals surface area contributed by atoms with Crippen LogP contribution in [-0.4, -0.2) is 9.78 Å². The predicted octanol–water partition coefficient (Wildman–Crippen LogP) is 2.34. The van der Waals surface area contributed by atoms with Crippen LogP contribution in [0, 0.1) is 0 Å². The largest absolute Gasteiger partial charge is 0.384 e. The molecule has 12 heavy (non-hydrogen) atoms. The first-order valence-electron chi connectivity index (χ1n) is 4.28. The highest BCUT2D eigenvalue weighted by molar-refractivity contribution is 9.10. The fourth-order valence-corrected chi connectivity index (χ4v) is 2.22. The van der Waals surface area contributed by atoms with Crippen LogP contribution >= 0.6 is 15.9 Å². The Morgan fingerprint density at radius 2 is 2.17 bits per heavy atom. The smallest absolute Gasteiger partial charge is 0.130 e. The molecular formula is C8H12BrN3. The van der Waals surface area contributed by atoms with Gasteiger partial charge in [0.15, 0.2) is 0 Å². The summed E-state index contributed by atoms with van der Waals surface area (Å²) in [4.78, 5) is 0. The number of hydrogen-bond acceptors (Lipinski definition) is 2. The zero-order chi connectivity index (χ0) is 8.55. The number of rotatable bonds is 1. The Morgan fingerprint density at radius 3 is 2.67 bits per heavy atom. The second-order valence-electron chi connectivity index (χ2n) is 3.27. The van der Waals surface area contributed by atoms with Crippen molar-refractivity contribution in [2.75, 3.05) is 5.73 Å². The maximum absolute atomic E-state index is 5.79. The lowest BCUT2D eigenvalue weighted by molar-refractivity contribution is 0.472. The molecule has 2 rings (SSSR count). The quantitative estimate of drug-likeness (QED) is 0.804. The van der Waals surface area contributed by atoms with Gasteiger partial charge >= 0.3 is 0 Å². The van der Waals surface area contributed by atoms with E-state index in [1.165, 1.54) is 25.7 Å². The van der Waals surface area contributed by atoms with Crippen LogP contribution in [0.4, 0.5) is 5.82 Å². The van der Waals surface area contributed by atoms with Gasteiger partial charge in [0, 0.05) is 6.07 Å². The van der Waals surface area contributed by atoms with Crippen molar-refractivity contribution in [1.82, 2.24) is 9.78 Å². The molecular weight excluding hydrogens is 218 g/mol. The van der Waals surface area contributed by atoms with E-state index in [0.717, 1.165) is 10.4 Å². The second kappa shape index (κ2) is 3.09. The molecule has 0 aliphatic heterocycles. The number of nitrogens with zero attached hydrogens (tertiary/aromatic N) is 2. The minimum atomic E-state index is 0.538. The highest BCUT2D eigenvalue weighted by Gasteiger charge is 2.19. The molecule has 1 saturated carbocycles. The Bertz CT molecular complexity index is 276. The van der Waals surface area contributed by atoms with Gasteiger partial charge in [0.25, 0.3) is 0 Å². The summed E-state index contributed by atoms with van der Waals surface area (Å²) in [6.07, 6.45) is 5.06. The van der Waals surface area contributed by atoms with Crippen molar-refractivity contribution in [3.05, 3.63) is 10.7 Å². The minimum absolute atomic E-state index is 0.538. The molecule has 2 N–H and O–H groups in total. The summed E-state index contributed by atoms with van der Waals surface area (Å²) in [5.74, 6) is 0.772. The third-order valence-electron chi connectivity index (χ3n) is 2.41. The standard InChI is InChI=1S/C8H12BrN3/c9-7-5-8(10)12(11-7)6-3-1-2-4-6/h5-6H,1-4,10H2. The van der Waals surface area contributed by atoms with Crippen molar-refractivity contribution in [2.45, 2.75) is 31.7 Å². The number of nitrogens with two attached hydrogens (primary N) is 1. The van der Waals surface area contributed by atoms with Crippen molar-refractivity contribution >= 4 is 21.7 Å². The van der Waals surface area contributed by atoms with Gasteiger partial charge in [-0.3, -0.25) is 0 Å². The van der Waals surface area contributed by atoms with Gasteiger partial charge in [-0.1, -0.05) is 12.8 Å². The van der Waals surface area contributed by atoms with Crippen LogP contribution in [0.25, 0.3) is 0 Å².